The molecule has 0 N–H and O–H groups in total. The predicted octanol–water partition coefficient (Wildman–Crippen LogP) is 3.06. The van der Waals surface area contributed by atoms with Crippen molar-refractivity contribution in [3.05, 3.63) is 66.0 Å². The smallest absolute Gasteiger partial charge is 0.0496 e. The van der Waals surface area contributed by atoms with Crippen LogP contribution in [-0.4, -0.2) is 17.2 Å². The number of nitrogens with zero attached hydrogens (tertiary/aromatic N) is 2. The molecular weight excluding hydrogens is 208 g/mol. The van der Waals surface area contributed by atoms with Gasteiger partial charge in [0.2, 0.25) is 0 Å². The lowest BCUT2D eigenvalue weighted by atomic mass is 9.90. The van der Waals surface area contributed by atoms with E-state index in [1.54, 1.807) is 0 Å². The largest absolute Gasteiger partial charge is 0.288 e. The van der Waals surface area contributed by atoms with Gasteiger partial charge in [0.15, 0.2) is 0 Å². The van der Waals surface area contributed by atoms with E-state index in [4.69, 9.17) is 0 Å². The van der Waals surface area contributed by atoms with Crippen molar-refractivity contribution in [3.63, 3.8) is 0 Å². The summed E-state index contributed by atoms with van der Waals surface area (Å²) in [5.41, 5.74) is 3.71. The number of hydrogen-bond donors (Lipinski definition) is 0. The van der Waals surface area contributed by atoms with Crippen LogP contribution in [0.1, 0.15) is 23.5 Å². The molecule has 0 aliphatic carbocycles. The molecule has 0 fully saturated rings. The second-order valence-corrected chi connectivity index (χ2v) is 4.26. The third kappa shape index (κ3) is 1.98. The standard InChI is InChI=1S/C15H14N2/c1-2-5-12(6-3-1)15-14(8-10-17-15)13-7-4-9-16-11-13/h1-7,9,11,14H,8,10H2. The van der Waals surface area contributed by atoms with Gasteiger partial charge in [-0.15, -0.1) is 0 Å². The predicted molar refractivity (Wildman–Crippen MR) is 69.4 cm³/mol. The van der Waals surface area contributed by atoms with Gasteiger partial charge in [-0.3, -0.25) is 9.98 Å². The Kier molecular flexibility index (Phi) is 2.70. The van der Waals surface area contributed by atoms with Crippen LogP contribution in [0.5, 0.6) is 0 Å². The summed E-state index contributed by atoms with van der Waals surface area (Å²) < 4.78 is 0. The molecule has 0 radical (unpaired) electrons. The highest BCUT2D eigenvalue weighted by Crippen LogP contribution is 2.29. The van der Waals surface area contributed by atoms with Gasteiger partial charge in [0.25, 0.3) is 0 Å². The van der Waals surface area contributed by atoms with Crippen molar-refractivity contribution in [1.29, 1.82) is 0 Å². The summed E-state index contributed by atoms with van der Waals surface area (Å²) in [4.78, 5) is 8.86. The summed E-state index contributed by atoms with van der Waals surface area (Å²) in [6.07, 6.45) is 4.86. The highest BCUT2D eigenvalue weighted by atomic mass is 14.8. The van der Waals surface area contributed by atoms with E-state index in [2.05, 4.69) is 40.3 Å². The van der Waals surface area contributed by atoms with Gasteiger partial charge in [0.05, 0.1) is 0 Å². The maximum atomic E-state index is 4.65. The van der Waals surface area contributed by atoms with Crippen LogP contribution in [0, 0.1) is 0 Å². The Hall–Kier alpha value is -1.96. The first kappa shape index (κ1) is 10.2. The van der Waals surface area contributed by atoms with E-state index in [0.29, 0.717) is 5.92 Å². The zero-order valence-electron chi connectivity index (χ0n) is 9.58. The minimum absolute atomic E-state index is 0.408. The Balaban J connectivity index is 1.96. The van der Waals surface area contributed by atoms with Crippen LogP contribution in [0.3, 0.4) is 0 Å². The second-order valence-electron chi connectivity index (χ2n) is 4.26. The molecule has 2 heteroatoms. The fraction of sp³-hybridized carbons (Fsp3) is 0.200. The van der Waals surface area contributed by atoms with E-state index in [1.807, 2.05) is 24.5 Å². The lowest BCUT2D eigenvalue weighted by Gasteiger charge is -2.13. The lowest BCUT2D eigenvalue weighted by molar-refractivity contribution is 0.837. The molecule has 0 saturated carbocycles. The molecule has 0 spiro atoms. The summed E-state index contributed by atoms with van der Waals surface area (Å²) in [7, 11) is 0. The van der Waals surface area contributed by atoms with Gasteiger partial charge in [-0.2, -0.15) is 0 Å². The molecule has 1 aliphatic rings. The van der Waals surface area contributed by atoms with Crippen LogP contribution >= 0.6 is 0 Å². The zero-order valence-corrected chi connectivity index (χ0v) is 9.58. The van der Waals surface area contributed by atoms with E-state index >= 15 is 0 Å². The SMILES string of the molecule is c1ccc(C2=NCCC2c2cccnc2)cc1. The zero-order chi connectivity index (χ0) is 11.5. The summed E-state index contributed by atoms with van der Waals surface area (Å²) in [5, 5.41) is 0. The molecule has 1 atom stereocenters. The van der Waals surface area contributed by atoms with Gasteiger partial charge in [-0.05, 0) is 23.6 Å². The highest BCUT2D eigenvalue weighted by Gasteiger charge is 2.23. The summed E-state index contributed by atoms with van der Waals surface area (Å²) >= 11 is 0. The molecule has 3 rings (SSSR count). The third-order valence-corrected chi connectivity index (χ3v) is 3.19. The van der Waals surface area contributed by atoms with E-state index in [0.717, 1.165) is 13.0 Å². The van der Waals surface area contributed by atoms with Crippen molar-refractivity contribution in [3.8, 4) is 0 Å². The summed E-state index contributed by atoms with van der Waals surface area (Å²) in [5.74, 6) is 0.408. The van der Waals surface area contributed by atoms with Crippen molar-refractivity contribution in [1.82, 2.24) is 4.98 Å². The molecule has 84 valence electrons. The van der Waals surface area contributed by atoms with Gasteiger partial charge in [-0.1, -0.05) is 36.4 Å². The van der Waals surface area contributed by atoms with E-state index in [1.165, 1.54) is 16.8 Å². The molecule has 2 heterocycles. The van der Waals surface area contributed by atoms with E-state index < -0.39 is 0 Å². The first-order chi connectivity index (χ1) is 8.45. The van der Waals surface area contributed by atoms with E-state index in [-0.39, 0.29) is 0 Å². The lowest BCUT2D eigenvalue weighted by Crippen LogP contribution is -2.09. The summed E-state index contributed by atoms with van der Waals surface area (Å²) in [6.45, 7) is 0.920. The van der Waals surface area contributed by atoms with Crippen molar-refractivity contribution in [2.24, 2.45) is 4.99 Å². The number of benzene rings is 1. The Morgan fingerprint density at radius 1 is 1.00 bits per heavy atom. The number of aromatic nitrogens is 1. The Bertz CT molecular complexity index is 517. The van der Waals surface area contributed by atoms with Crippen molar-refractivity contribution in [2.45, 2.75) is 12.3 Å². The van der Waals surface area contributed by atoms with Crippen LogP contribution < -0.4 is 0 Å². The molecule has 1 aromatic carbocycles. The molecule has 1 aliphatic heterocycles. The molecule has 0 saturated heterocycles. The molecule has 1 unspecified atom stereocenters. The number of hydrogen-bond acceptors (Lipinski definition) is 2. The monoisotopic (exact) mass is 222 g/mol. The van der Waals surface area contributed by atoms with Crippen LogP contribution in [0.2, 0.25) is 0 Å². The van der Waals surface area contributed by atoms with Crippen LogP contribution in [-0.2, 0) is 0 Å². The van der Waals surface area contributed by atoms with Gasteiger partial charge < -0.3 is 0 Å². The first-order valence-electron chi connectivity index (χ1n) is 5.95. The topological polar surface area (TPSA) is 25.2 Å². The fourth-order valence-corrected chi connectivity index (χ4v) is 2.37. The molecular formula is C15H14N2. The van der Waals surface area contributed by atoms with Gasteiger partial charge >= 0.3 is 0 Å². The average Bonchev–Trinajstić information content (AvgIpc) is 2.90. The van der Waals surface area contributed by atoms with Gasteiger partial charge in [0, 0.05) is 30.6 Å². The minimum Gasteiger partial charge on any atom is -0.288 e. The van der Waals surface area contributed by atoms with E-state index in [9.17, 15) is 0 Å². The second kappa shape index (κ2) is 4.50. The summed E-state index contributed by atoms with van der Waals surface area (Å²) in [6, 6.07) is 14.6. The Morgan fingerprint density at radius 2 is 1.88 bits per heavy atom. The minimum atomic E-state index is 0.408. The molecule has 2 aromatic rings. The van der Waals surface area contributed by atoms with Crippen LogP contribution in [0.4, 0.5) is 0 Å². The Morgan fingerprint density at radius 3 is 2.65 bits per heavy atom. The fourth-order valence-electron chi connectivity index (χ4n) is 2.37. The molecule has 0 bridgehead atoms. The van der Waals surface area contributed by atoms with Gasteiger partial charge in [0.1, 0.15) is 0 Å². The average molecular weight is 222 g/mol. The molecule has 17 heavy (non-hydrogen) atoms. The van der Waals surface area contributed by atoms with Gasteiger partial charge in [-0.25, -0.2) is 0 Å². The normalized spacial score (nSPS) is 19.1. The van der Waals surface area contributed by atoms with Crippen LogP contribution in [0.25, 0.3) is 0 Å². The number of rotatable bonds is 2. The first-order valence-corrected chi connectivity index (χ1v) is 5.95. The maximum Gasteiger partial charge on any atom is 0.0496 e. The highest BCUT2D eigenvalue weighted by molar-refractivity contribution is 6.06. The van der Waals surface area contributed by atoms with Crippen molar-refractivity contribution >= 4 is 5.71 Å². The third-order valence-electron chi connectivity index (χ3n) is 3.19. The number of pyridine rings is 1. The maximum absolute atomic E-state index is 4.65. The molecule has 0 amide bonds. The quantitative estimate of drug-likeness (QED) is 0.766. The molecule has 2 nitrogen and oxygen atoms in total. The van der Waals surface area contributed by atoms with Crippen molar-refractivity contribution < 1.29 is 0 Å². The number of aliphatic imine (C=N–C) groups is 1. The Labute approximate surface area is 101 Å². The van der Waals surface area contributed by atoms with Crippen molar-refractivity contribution in [2.75, 3.05) is 6.54 Å². The molecule has 1 aromatic heterocycles. The van der Waals surface area contributed by atoms with Crippen LogP contribution in [0.15, 0.2) is 59.9 Å².